The minimum Gasteiger partial charge on any atom is -0.493 e. The summed E-state index contributed by atoms with van der Waals surface area (Å²) in [6.07, 6.45) is 0. The van der Waals surface area contributed by atoms with Crippen molar-refractivity contribution in [2.75, 3.05) is 41.0 Å². The van der Waals surface area contributed by atoms with Crippen molar-refractivity contribution in [2.24, 2.45) is 0 Å². The van der Waals surface area contributed by atoms with Crippen molar-refractivity contribution >= 4 is 11.8 Å². The summed E-state index contributed by atoms with van der Waals surface area (Å²) in [7, 11) is 4.47. The van der Waals surface area contributed by atoms with Gasteiger partial charge in [-0.2, -0.15) is 0 Å². The van der Waals surface area contributed by atoms with Crippen LogP contribution in [0.15, 0.2) is 12.1 Å². The Morgan fingerprint density at radius 2 is 1.76 bits per heavy atom. The third kappa shape index (κ3) is 3.01. The molecule has 0 spiro atoms. The molecule has 7 heteroatoms. The molecular weight excluding hydrogens is 276 g/mol. The number of hydrogen-bond donors (Lipinski definition) is 1. The average Bonchev–Trinajstić information content (AvgIpc) is 2.52. The third-order valence-corrected chi connectivity index (χ3v) is 3.24. The number of amides is 2. The Labute approximate surface area is 122 Å². The van der Waals surface area contributed by atoms with Crippen LogP contribution >= 0.6 is 0 Å². The first-order valence-corrected chi connectivity index (χ1v) is 6.46. The van der Waals surface area contributed by atoms with Crippen molar-refractivity contribution in [1.29, 1.82) is 0 Å². The van der Waals surface area contributed by atoms with Crippen LogP contribution in [-0.2, 0) is 4.79 Å². The normalized spacial score (nSPS) is 14.4. The molecule has 21 heavy (non-hydrogen) atoms. The quantitative estimate of drug-likeness (QED) is 0.863. The summed E-state index contributed by atoms with van der Waals surface area (Å²) < 4.78 is 15.7. The molecule has 0 aliphatic carbocycles. The van der Waals surface area contributed by atoms with E-state index in [1.165, 1.54) is 26.2 Å². The van der Waals surface area contributed by atoms with Crippen LogP contribution in [0.4, 0.5) is 0 Å². The molecule has 1 N–H and O–H groups in total. The Bertz CT molecular complexity index is 533. The topological polar surface area (TPSA) is 77.1 Å². The predicted molar refractivity (Wildman–Crippen MR) is 75.0 cm³/mol. The molecule has 0 radical (unpaired) electrons. The predicted octanol–water partition coefficient (Wildman–Crippen LogP) is 0.284. The van der Waals surface area contributed by atoms with Gasteiger partial charge in [-0.25, -0.2) is 0 Å². The van der Waals surface area contributed by atoms with Gasteiger partial charge >= 0.3 is 0 Å². The van der Waals surface area contributed by atoms with Gasteiger partial charge in [0.2, 0.25) is 11.7 Å². The molecule has 2 rings (SSSR count). The van der Waals surface area contributed by atoms with Gasteiger partial charge in [0.15, 0.2) is 11.5 Å². The van der Waals surface area contributed by atoms with Gasteiger partial charge in [-0.3, -0.25) is 9.59 Å². The highest BCUT2D eigenvalue weighted by molar-refractivity contribution is 5.98. The van der Waals surface area contributed by atoms with E-state index in [1.54, 1.807) is 12.1 Å². The van der Waals surface area contributed by atoms with Gasteiger partial charge < -0.3 is 24.4 Å². The average molecular weight is 294 g/mol. The highest BCUT2D eigenvalue weighted by Crippen LogP contribution is 2.38. The number of rotatable bonds is 4. The highest BCUT2D eigenvalue weighted by atomic mass is 16.5. The summed E-state index contributed by atoms with van der Waals surface area (Å²) in [5, 5.41) is 2.68. The van der Waals surface area contributed by atoms with Crippen LogP contribution in [0.5, 0.6) is 17.2 Å². The summed E-state index contributed by atoms with van der Waals surface area (Å²) in [5.41, 5.74) is 0.388. The van der Waals surface area contributed by atoms with E-state index in [0.717, 1.165) is 0 Å². The van der Waals surface area contributed by atoms with E-state index in [9.17, 15) is 9.59 Å². The molecular formula is C14H18N2O5. The molecule has 114 valence electrons. The van der Waals surface area contributed by atoms with Gasteiger partial charge in [0.1, 0.15) is 0 Å². The SMILES string of the molecule is COc1cc(C(=O)N2CCNC(=O)C2)cc(OC)c1OC. The molecule has 1 fully saturated rings. The first kappa shape index (κ1) is 15.0. The zero-order valence-corrected chi connectivity index (χ0v) is 12.3. The second-order valence-electron chi connectivity index (χ2n) is 4.49. The second kappa shape index (κ2) is 6.34. The molecule has 0 unspecified atom stereocenters. The second-order valence-corrected chi connectivity index (χ2v) is 4.49. The zero-order chi connectivity index (χ0) is 15.4. The minimum absolute atomic E-state index is 0.0511. The van der Waals surface area contributed by atoms with E-state index in [-0.39, 0.29) is 18.4 Å². The third-order valence-electron chi connectivity index (χ3n) is 3.24. The number of benzene rings is 1. The number of carbonyl (C=O) groups is 2. The van der Waals surface area contributed by atoms with Crippen molar-refractivity contribution < 1.29 is 23.8 Å². The highest BCUT2D eigenvalue weighted by Gasteiger charge is 2.24. The largest absolute Gasteiger partial charge is 0.493 e. The first-order valence-electron chi connectivity index (χ1n) is 6.46. The van der Waals surface area contributed by atoms with E-state index >= 15 is 0 Å². The van der Waals surface area contributed by atoms with Crippen molar-refractivity contribution in [3.8, 4) is 17.2 Å². The Morgan fingerprint density at radius 3 is 2.24 bits per heavy atom. The first-order chi connectivity index (χ1) is 10.1. The van der Waals surface area contributed by atoms with Gasteiger partial charge in [0, 0.05) is 18.7 Å². The summed E-state index contributed by atoms with van der Waals surface area (Å²) in [6, 6.07) is 3.16. The number of nitrogens with zero attached hydrogens (tertiary/aromatic N) is 1. The molecule has 2 amide bonds. The van der Waals surface area contributed by atoms with Crippen molar-refractivity contribution in [1.82, 2.24) is 10.2 Å². The maximum absolute atomic E-state index is 12.5. The number of piperazine rings is 1. The summed E-state index contributed by atoms with van der Waals surface area (Å²) in [5.74, 6) is 0.822. The number of nitrogens with one attached hydrogen (secondary N) is 1. The van der Waals surface area contributed by atoms with Gasteiger partial charge in [-0.15, -0.1) is 0 Å². The Morgan fingerprint density at radius 1 is 1.14 bits per heavy atom. The molecule has 1 aromatic carbocycles. The number of methoxy groups -OCH3 is 3. The van der Waals surface area contributed by atoms with Crippen LogP contribution in [0.1, 0.15) is 10.4 Å². The Kier molecular flexibility index (Phi) is 4.52. The number of hydrogen-bond acceptors (Lipinski definition) is 5. The van der Waals surface area contributed by atoms with E-state index in [0.29, 0.717) is 35.9 Å². The standard InChI is InChI=1S/C14H18N2O5/c1-19-10-6-9(7-11(20-2)13(10)21-3)14(18)16-5-4-15-12(17)8-16/h6-7H,4-5,8H2,1-3H3,(H,15,17). The lowest BCUT2D eigenvalue weighted by atomic mass is 10.1. The number of ether oxygens (including phenoxy) is 3. The van der Waals surface area contributed by atoms with Crippen LogP contribution in [0.3, 0.4) is 0 Å². The van der Waals surface area contributed by atoms with Gasteiger partial charge in [-0.05, 0) is 12.1 Å². The molecule has 7 nitrogen and oxygen atoms in total. The zero-order valence-electron chi connectivity index (χ0n) is 12.3. The van der Waals surface area contributed by atoms with E-state index in [4.69, 9.17) is 14.2 Å². The fourth-order valence-electron chi connectivity index (χ4n) is 2.20. The fraction of sp³-hybridized carbons (Fsp3) is 0.429. The number of carbonyl (C=O) groups excluding carboxylic acids is 2. The molecule has 1 heterocycles. The van der Waals surface area contributed by atoms with Gasteiger partial charge in [-0.1, -0.05) is 0 Å². The molecule has 1 aromatic rings. The summed E-state index contributed by atoms with van der Waals surface area (Å²) >= 11 is 0. The van der Waals surface area contributed by atoms with Crippen LogP contribution in [0.25, 0.3) is 0 Å². The molecule has 0 atom stereocenters. The van der Waals surface area contributed by atoms with Gasteiger partial charge in [0.05, 0.1) is 27.9 Å². The molecule has 0 saturated carbocycles. The molecule has 1 aliphatic rings. The van der Waals surface area contributed by atoms with Crippen LogP contribution < -0.4 is 19.5 Å². The molecule has 0 aromatic heterocycles. The van der Waals surface area contributed by atoms with Crippen LogP contribution in [0.2, 0.25) is 0 Å². The maximum Gasteiger partial charge on any atom is 0.254 e. The van der Waals surface area contributed by atoms with E-state index in [1.807, 2.05) is 0 Å². The minimum atomic E-state index is -0.246. The lowest BCUT2D eigenvalue weighted by Gasteiger charge is -2.27. The Balaban J connectivity index is 2.34. The summed E-state index contributed by atoms with van der Waals surface area (Å²) in [6.45, 7) is 0.978. The lowest BCUT2D eigenvalue weighted by Crippen LogP contribution is -2.49. The van der Waals surface area contributed by atoms with Crippen LogP contribution in [-0.4, -0.2) is 57.7 Å². The maximum atomic E-state index is 12.5. The molecule has 0 bridgehead atoms. The van der Waals surface area contributed by atoms with Crippen molar-refractivity contribution in [2.45, 2.75) is 0 Å². The smallest absolute Gasteiger partial charge is 0.254 e. The lowest BCUT2D eigenvalue weighted by molar-refractivity contribution is -0.123. The van der Waals surface area contributed by atoms with E-state index in [2.05, 4.69) is 5.32 Å². The Hall–Kier alpha value is -2.44. The fourth-order valence-corrected chi connectivity index (χ4v) is 2.20. The van der Waals surface area contributed by atoms with Crippen molar-refractivity contribution in [3.05, 3.63) is 17.7 Å². The van der Waals surface area contributed by atoms with E-state index < -0.39 is 0 Å². The van der Waals surface area contributed by atoms with Crippen LogP contribution in [0, 0.1) is 0 Å². The van der Waals surface area contributed by atoms with Crippen molar-refractivity contribution in [3.63, 3.8) is 0 Å². The monoisotopic (exact) mass is 294 g/mol. The molecule has 1 aliphatic heterocycles. The van der Waals surface area contributed by atoms with Gasteiger partial charge in [0.25, 0.3) is 5.91 Å². The summed E-state index contributed by atoms with van der Waals surface area (Å²) in [4.78, 5) is 25.3. The molecule has 1 saturated heterocycles.